The maximum absolute atomic E-state index is 11.9. The van der Waals surface area contributed by atoms with Crippen molar-refractivity contribution in [2.24, 2.45) is 24.3 Å². The summed E-state index contributed by atoms with van der Waals surface area (Å²) in [6, 6.07) is 5.78. The molecule has 3 heterocycles. The van der Waals surface area contributed by atoms with Gasteiger partial charge >= 0.3 is 12.0 Å². The maximum atomic E-state index is 11.9. The van der Waals surface area contributed by atoms with E-state index in [0.717, 1.165) is 42.8 Å². The van der Waals surface area contributed by atoms with Gasteiger partial charge in [0, 0.05) is 20.4 Å². The quantitative estimate of drug-likeness (QED) is 0.458. The van der Waals surface area contributed by atoms with Gasteiger partial charge in [-0.05, 0) is 69.6 Å². The molecule has 1 N–H and O–H groups in total. The Morgan fingerprint density at radius 1 is 1.22 bits per heavy atom. The molecule has 3 aromatic heterocycles. The SMILES string of the molecule is COCc1ccnc(OCc2c(-c3ccc(O[C@@H]4C[C@H]5CC[C@@](C)(C(=O)O)[C@H]5C4)c(C)n3)nnn2C)n1. The molecule has 3 aromatic rings. The third kappa shape index (κ3) is 4.87. The molecule has 0 saturated heterocycles. The number of hydrogen-bond donors (Lipinski definition) is 1. The van der Waals surface area contributed by atoms with Crippen molar-refractivity contribution in [3.8, 4) is 23.1 Å². The van der Waals surface area contributed by atoms with Gasteiger partial charge in [-0.15, -0.1) is 5.10 Å². The monoisotopic (exact) mass is 508 g/mol. The van der Waals surface area contributed by atoms with Crippen molar-refractivity contribution in [3.05, 3.63) is 41.5 Å². The number of aromatic nitrogens is 6. The smallest absolute Gasteiger partial charge is 0.317 e. The summed E-state index contributed by atoms with van der Waals surface area (Å²) in [5, 5.41) is 18.2. The molecule has 11 heteroatoms. The fraction of sp³-hybridized carbons (Fsp3) is 0.538. The average Bonchev–Trinajstić information content (AvgIpc) is 3.54. The Kier molecular flexibility index (Phi) is 6.80. The summed E-state index contributed by atoms with van der Waals surface area (Å²) < 4.78 is 18.9. The van der Waals surface area contributed by atoms with Crippen LogP contribution < -0.4 is 9.47 Å². The predicted molar refractivity (Wildman–Crippen MR) is 132 cm³/mol. The van der Waals surface area contributed by atoms with Gasteiger partial charge in [-0.1, -0.05) is 5.21 Å². The number of aryl methyl sites for hydroxylation is 2. The van der Waals surface area contributed by atoms with Crippen LogP contribution >= 0.6 is 0 Å². The molecule has 0 radical (unpaired) electrons. The first-order valence-electron chi connectivity index (χ1n) is 12.5. The minimum absolute atomic E-state index is 0.00493. The molecule has 196 valence electrons. The third-order valence-corrected chi connectivity index (χ3v) is 7.83. The Morgan fingerprint density at radius 2 is 2.05 bits per heavy atom. The topological polar surface area (TPSA) is 134 Å². The first kappa shape index (κ1) is 25.1. The number of pyridine rings is 1. The lowest BCUT2D eigenvalue weighted by molar-refractivity contribution is -0.150. The van der Waals surface area contributed by atoms with Gasteiger partial charge in [0.1, 0.15) is 23.7 Å². The van der Waals surface area contributed by atoms with E-state index in [2.05, 4.69) is 20.3 Å². The van der Waals surface area contributed by atoms with Gasteiger partial charge < -0.3 is 19.3 Å². The number of ether oxygens (including phenoxy) is 3. The predicted octanol–water partition coefficient (Wildman–Crippen LogP) is 3.36. The van der Waals surface area contributed by atoms with E-state index >= 15 is 0 Å². The van der Waals surface area contributed by atoms with Crippen molar-refractivity contribution in [1.82, 2.24) is 29.9 Å². The molecular weight excluding hydrogens is 476 g/mol. The Bertz CT molecular complexity index is 1300. The van der Waals surface area contributed by atoms with Crippen molar-refractivity contribution in [2.75, 3.05) is 7.11 Å². The highest BCUT2D eigenvalue weighted by Gasteiger charge is 2.54. The number of carbonyl (C=O) groups is 1. The second-order valence-corrected chi connectivity index (χ2v) is 10.2. The van der Waals surface area contributed by atoms with Crippen LogP contribution in [0.3, 0.4) is 0 Å². The van der Waals surface area contributed by atoms with E-state index in [1.165, 1.54) is 0 Å². The second kappa shape index (κ2) is 10.0. The van der Waals surface area contributed by atoms with Gasteiger partial charge in [-0.25, -0.2) is 14.6 Å². The molecule has 0 spiro atoms. The lowest BCUT2D eigenvalue weighted by Crippen LogP contribution is -2.32. The Labute approximate surface area is 215 Å². The highest BCUT2D eigenvalue weighted by molar-refractivity contribution is 5.75. The normalized spacial score (nSPS) is 24.7. The second-order valence-electron chi connectivity index (χ2n) is 10.2. The van der Waals surface area contributed by atoms with Crippen molar-refractivity contribution in [2.45, 2.75) is 58.8 Å². The first-order chi connectivity index (χ1) is 17.8. The van der Waals surface area contributed by atoms with Crippen molar-refractivity contribution < 1.29 is 24.1 Å². The van der Waals surface area contributed by atoms with Crippen LogP contribution in [0, 0.1) is 24.2 Å². The molecule has 5 rings (SSSR count). The molecule has 11 nitrogen and oxygen atoms in total. The summed E-state index contributed by atoms with van der Waals surface area (Å²) in [5.41, 5.74) is 2.81. The fourth-order valence-corrected chi connectivity index (χ4v) is 5.73. The van der Waals surface area contributed by atoms with E-state index in [4.69, 9.17) is 19.2 Å². The fourth-order valence-electron chi connectivity index (χ4n) is 5.73. The van der Waals surface area contributed by atoms with Crippen LogP contribution in [-0.2, 0) is 29.8 Å². The minimum Gasteiger partial charge on any atom is -0.489 e. The van der Waals surface area contributed by atoms with Crippen LogP contribution in [-0.4, -0.2) is 54.2 Å². The number of fused-ring (bicyclic) bond motifs is 1. The van der Waals surface area contributed by atoms with Crippen LogP contribution in [0.5, 0.6) is 11.8 Å². The van der Waals surface area contributed by atoms with E-state index < -0.39 is 11.4 Å². The number of nitrogens with zero attached hydrogens (tertiary/aromatic N) is 6. The molecule has 4 atom stereocenters. The largest absolute Gasteiger partial charge is 0.489 e. The highest BCUT2D eigenvalue weighted by atomic mass is 16.5. The molecular formula is C26H32N6O5. The molecule has 2 aliphatic carbocycles. The number of hydrogen-bond acceptors (Lipinski definition) is 9. The summed E-state index contributed by atoms with van der Waals surface area (Å²) in [4.78, 5) is 25.1. The number of carboxylic acids is 1. The van der Waals surface area contributed by atoms with Gasteiger partial charge in [-0.2, -0.15) is 4.98 Å². The van der Waals surface area contributed by atoms with Gasteiger partial charge in [0.15, 0.2) is 0 Å². The standard InChI is InChI=1S/C26H32N6O5/c1-15-22(37-18-11-16-7-9-26(2,24(33)34)19(16)12-18)6-5-20(28-15)23-21(32(3)31-30-23)14-36-25-27-10-8-17(29-25)13-35-4/h5-6,8,10,16,18-19H,7,9,11-14H2,1-4H3,(H,33,34)/t16-,18-,19+,26-/m1/s1. The zero-order valence-electron chi connectivity index (χ0n) is 21.5. The van der Waals surface area contributed by atoms with Crippen LogP contribution in [0.15, 0.2) is 24.4 Å². The number of rotatable bonds is 9. The van der Waals surface area contributed by atoms with E-state index in [1.54, 1.807) is 31.1 Å². The molecule has 2 saturated carbocycles. The molecule has 0 aliphatic heterocycles. The molecule has 2 aliphatic rings. The van der Waals surface area contributed by atoms with Gasteiger partial charge in [0.05, 0.1) is 35.2 Å². The Balaban J connectivity index is 1.28. The van der Waals surface area contributed by atoms with Gasteiger partial charge in [-0.3, -0.25) is 4.79 Å². The summed E-state index contributed by atoms with van der Waals surface area (Å²) in [5.74, 6) is 0.570. The molecule has 0 aromatic carbocycles. The lowest BCUT2D eigenvalue weighted by atomic mass is 9.78. The number of methoxy groups -OCH3 is 1. The first-order valence-corrected chi connectivity index (χ1v) is 12.5. The van der Waals surface area contributed by atoms with Gasteiger partial charge in [0.2, 0.25) is 0 Å². The summed E-state index contributed by atoms with van der Waals surface area (Å²) in [7, 11) is 3.40. The van der Waals surface area contributed by atoms with E-state index in [0.29, 0.717) is 29.7 Å². The van der Waals surface area contributed by atoms with Crippen LogP contribution in [0.1, 0.15) is 49.7 Å². The summed E-state index contributed by atoms with van der Waals surface area (Å²) in [6.07, 6.45) is 4.96. The Morgan fingerprint density at radius 3 is 2.81 bits per heavy atom. The molecule has 37 heavy (non-hydrogen) atoms. The Hall–Kier alpha value is -3.60. The van der Waals surface area contributed by atoms with Crippen LogP contribution in [0.4, 0.5) is 0 Å². The molecule has 0 bridgehead atoms. The maximum Gasteiger partial charge on any atom is 0.317 e. The number of carboxylic acid groups (broad SMARTS) is 1. The highest BCUT2D eigenvalue weighted by Crippen LogP contribution is 2.55. The third-order valence-electron chi connectivity index (χ3n) is 7.83. The van der Waals surface area contributed by atoms with E-state index in [9.17, 15) is 9.90 Å². The molecule has 2 fully saturated rings. The zero-order chi connectivity index (χ0) is 26.2. The minimum atomic E-state index is -0.694. The number of aliphatic carboxylic acids is 1. The van der Waals surface area contributed by atoms with E-state index in [1.807, 2.05) is 26.0 Å². The average molecular weight is 509 g/mol. The molecule has 0 unspecified atom stereocenters. The summed E-state index contributed by atoms with van der Waals surface area (Å²) >= 11 is 0. The van der Waals surface area contributed by atoms with Crippen molar-refractivity contribution >= 4 is 5.97 Å². The summed E-state index contributed by atoms with van der Waals surface area (Å²) in [6.45, 7) is 4.32. The molecule has 0 amide bonds. The van der Waals surface area contributed by atoms with Crippen LogP contribution in [0.25, 0.3) is 11.4 Å². The van der Waals surface area contributed by atoms with Gasteiger partial charge in [0.25, 0.3) is 0 Å². The van der Waals surface area contributed by atoms with Crippen molar-refractivity contribution in [1.29, 1.82) is 0 Å². The lowest BCUT2D eigenvalue weighted by Gasteiger charge is -2.26. The zero-order valence-corrected chi connectivity index (χ0v) is 21.5. The van der Waals surface area contributed by atoms with Crippen LogP contribution in [0.2, 0.25) is 0 Å². The van der Waals surface area contributed by atoms with E-state index in [-0.39, 0.29) is 24.6 Å². The van der Waals surface area contributed by atoms with Crippen molar-refractivity contribution in [3.63, 3.8) is 0 Å².